The van der Waals surface area contributed by atoms with Crippen LogP contribution in [0.5, 0.6) is 0 Å². The minimum Gasteiger partial charge on any atom is -0.378 e. The summed E-state index contributed by atoms with van der Waals surface area (Å²) in [7, 11) is 3.96. The van der Waals surface area contributed by atoms with Crippen LogP contribution in [0.1, 0.15) is 11.4 Å². The number of amides is 1. The maximum absolute atomic E-state index is 11.8. The predicted molar refractivity (Wildman–Crippen MR) is 76.4 cm³/mol. The lowest BCUT2D eigenvalue weighted by Crippen LogP contribution is -2.15. The summed E-state index contributed by atoms with van der Waals surface area (Å²) in [5.74, 6) is -0.0656. The highest BCUT2D eigenvalue weighted by molar-refractivity contribution is 5.92. The van der Waals surface area contributed by atoms with Crippen LogP contribution in [-0.2, 0) is 11.2 Å². The van der Waals surface area contributed by atoms with Gasteiger partial charge in [-0.1, -0.05) is 0 Å². The van der Waals surface area contributed by atoms with Crippen molar-refractivity contribution in [3.05, 3.63) is 41.7 Å². The fourth-order valence-corrected chi connectivity index (χ4v) is 1.78. The summed E-state index contributed by atoms with van der Waals surface area (Å²) in [6, 6.07) is 9.59. The van der Waals surface area contributed by atoms with E-state index >= 15 is 0 Å². The van der Waals surface area contributed by atoms with Crippen molar-refractivity contribution < 1.29 is 4.79 Å². The molecule has 2 aromatic rings. The lowest BCUT2D eigenvalue weighted by atomic mass is 10.2. The van der Waals surface area contributed by atoms with Gasteiger partial charge in [-0.15, -0.1) is 0 Å². The Hall–Kier alpha value is -2.30. The number of H-pyrrole nitrogens is 1. The van der Waals surface area contributed by atoms with Gasteiger partial charge < -0.3 is 10.2 Å². The van der Waals surface area contributed by atoms with Crippen molar-refractivity contribution in [2.75, 3.05) is 24.3 Å². The molecule has 0 aliphatic carbocycles. The SMILES string of the molecule is Cc1cc(CC(=O)Nc2ccc(N(C)C)cc2)n[nH]1. The first kappa shape index (κ1) is 13.1. The van der Waals surface area contributed by atoms with Crippen molar-refractivity contribution in [3.8, 4) is 0 Å². The highest BCUT2D eigenvalue weighted by atomic mass is 16.1. The van der Waals surface area contributed by atoms with Crippen molar-refractivity contribution in [3.63, 3.8) is 0 Å². The van der Waals surface area contributed by atoms with Gasteiger partial charge in [0.2, 0.25) is 5.91 Å². The summed E-state index contributed by atoms with van der Waals surface area (Å²) in [6.07, 6.45) is 0.278. The van der Waals surface area contributed by atoms with Crippen LogP contribution in [0.3, 0.4) is 0 Å². The normalized spacial score (nSPS) is 10.3. The largest absolute Gasteiger partial charge is 0.378 e. The third kappa shape index (κ3) is 3.58. The monoisotopic (exact) mass is 258 g/mol. The van der Waals surface area contributed by atoms with Gasteiger partial charge in [-0.25, -0.2) is 0 Å². The number of anilines is 2. The third-order valence-electron chi connectivity index (χ3n) is 2.77. The molecule has 1 heterocycles. The number of nitrogens with one attached hydrogen (secondary N) is 2. The fraction of sp³-hybridized carbons (Fsp3) is 0.286. The Bertz CT molecular complexity index is 557. The molecular formula is C14H18N4O. The first-order chi connectivity index (χ1) is 9.04. The topological polar surface area (TPSA) is 61.0 Å². The predicted octanol–water partition coefficient (Wildman–Crippen LogP) is 1.97. The maximum Gasteiger partial charge on any atom is 0.230 e. The number of carbonyl (C=O) groups excluding carboxylic acids is 1. The molecule has 0 saturated carbocycles. The molecule has 0 atom stereocenters. The molecule has 0 unspecified atom stereocenters. The van der Waals surface area contributed by atoms with Crippen LogP contribution in [0.15, 0.2) is 30.3 Å². The van der Waals surface area contributed by atoms with E-state index in [4.69, 9.17) is 0 Å². The minimum atomic E-state index is -0.0656. The number of aromatic nitrogens is 2. The number of benzene rings is 1. The molecule has 5 nitrogen and oxygen atoms in total. The lowest BCUT2D eigenvalue weighted by Gasteiger charge is -2.12. The van der Waals surface area contributed by atoms with Gasteiger partial charge in [-0.3, -0.25) is 9.89 Å². The Morgan fingerprint density at radius 1 is 1.32 bits per heavy atom. The number of aromatic amines is 1. The Morgan fingerprint density at radius 3 is 2.53 bits per heavy atom. The molecule has 2 rings (SSSR count). The lowest BCUT2D eigenvalue weighted by molar-refractivity contribution is -0.115. The van der Waals surface area contributed by atoms with Gasteiger partial charge in [0, 0.05) is 31.2 Å². The summed E-state index contributed by atoms with van der Waals surface area (Å²) in [4.78, 5) is 13.8. The zero-order valence-electron chi connectivity index (χ0n) is 11.4. The van der Waals surface area contributed by atoms with Gasteiger partial charge in [-0.05, 0) is 37.3 Å². The second-order valence-electron chi connectivity index (χ2n) is 4.71. The molecule has 0 fully saturated rings. The first-order valence-electron chi connectivity index (χ1n) is 6.13. The quantitative estimate of drug-likeness (QED) is 0.881. The highest BCUT2D eigenvalue weighted by Gasteiger charge is 2.06. The van der Waals surface area contributed by atoms with E-state index in [-0.39, 0.29) is 12.3 Å². The molecule has 19 heavy (non-hydrogen) atoms. The molecule has 0 bridgehead atoms. The van der Waals surface area contributed by atoms with E-state index in [1.165, 1.54) is 0 Å². The molecule has 0 saturated heterocycles. The molecule has 0 radical (unpaired) electrons. The van der Waals surface area contributed by atoms with Gasteiger partial charge in [0.15, 0.2) is 0 Å². The molecule has 1 amide bonds. The van der Waals surface area contributed by atoms with Crippen LogP contribution in [0.4, 0.5) is 11.4 Å². The van der Waals surface area contributed by atoms with Crippen LogP contribution < -0.4 is 10.2 Å². The van der Waals surface area contributed by atoms with Gasteiger partial charge in [0.1, 0.15) is 0 Å². The third-order valence-corrected chi connectivity index (χ3v) is 2.77. The van der Waals surface area contributed by atoms with E-state index in [9.17, 15) is 4.79 Å². The smallest absolute Gasteiger partial charge is 0.230 e. The van der Waals surface area contributed by atoms with Gasteiger partial charge >= 0.3 is 0 Å². The Kier molecular flexibility index (Phi) is 3.85. The number of carbonyl (C=O) groups is 1. The van der Waals surface area contributed by atoms with E-state index in [1.807, 2.05) is 56.3 Å². The summed E-state index contributed by atoms with van der Waals surface area (Å²) in [5, 5.41) is 9.72. The molecule has 5 heteroatoms. The van der Waals surface area contributed by atoms with Crippen LogP contribution >= 0.6 is 0 Å². The Balaban J connectivity index is 1.95. The van der Waals surface area contributed by atoms with Crippen LogP contribution in [0.25, 0.3) is 0 Å². The molecule has 1 aromatic carbocycles. The summed E-state index contributed by atoms with van der Waals surface area (Å²) >= 11 is 0. The fourth-order valence-electron chi connectivity index (χ4n) is 1.78. The molecule has 100 valence electrons. The molecule has 1 aromatic heterocycles. The maximum atomic E-state index is 11.8. The molecule has 2 N–H and O–H groups in total. The van der Waals surface area contributed by atoms with E-state index < -0.39 is 0 Å². The zero-order chi connectivity index (χ0) is 13.8. The van der Waals surface area contributed by atoms with Gasteiger partial charge in [0.25, 0.3) is 0 Å². The minimum absolute atomic E-state index is 0.0656. The molecule has 0 spiro atoms. The average molecular weight is 258 g/mol. The highest BCUT2D eigenvalue weighted by Crippen LogP contribution is 2.15. The number of hydrogen-bond acceptors (Lipinski definition) is 3. The number of nitrogens with zero attached hydrogens (tertiary/aromatic N) is 2. The van der Waals surface area contributed by atoms with Gasteiger partial charge in [0.05, 0.1) is 12.1 Å². The second kappa shape index (κ2) is 5.56. The first-order valence-corrected chi connectivity index (χ1v) is 6.13. The average Bonchev–Trinajstić information content (AvgIpc) is 2.75. The Labute approximate surface area is 112 Å². The number of rotatable bonds is 4. The van der Waals surface area contributed by atoms with Crippen LogP contribution in [0, 0.1) is 6.92 Å². The summed E-state index contributed by atoms with van der Waals surface area (Å²) < 4.78 is 0. The summed E-state index contributed by atoms with van der Waals surface area (Å²) in [5.41, 5.74) is 3.60. The van der Waals surface area contributed by atoms with Crippen molar-refractivity contribution in [1.29, 1.82) is 0 Å². The molecule has 0 aliphatic heterocycles. The summed E-state index contributed by atoms with van der Waals surface area (Å²) in [6.45, 7) is 1.91. The standard InChI is InChI=1S/C14H18N4O/c1-10-8-12(17-16-10)9-14(19)15-11-4-6-13(7-5-11)18(2)3/h4-8H,9H2,1-3H3,(H,15,19)(H,16,17). The van der Waals surface area contributed by atoms with Crippen LogP contribution in [0.2, 0.25) is 0 Å². The van der Waals surface area contributed by atoms with Crippen molar-refractivity contribution in [2.24, 2.45) is 0 Å². The van der Waals surface area contributed by atoms with E-state index in [0.717, 1.165) is 22.8 Å². The number of hydrogen-bond donors (Lipinski definition) is 2. The van der Waals surface area contributed by atoms with E-state index in [1.54, 1.807) is 0 Å². The molecular weight excluding hydrogens is 240 g/mol. The molecule has 0 aliphatic rings. The van der Waals surface area contributed by atoms with Gasteiger partial charge in [-0.2, -0.15) is 5.10 Å². The van der Waals surface area contributed by atoms with Crippen molar-refractivity contribution in [1.82, 2.24) is 10.2 Å². The zero-order valence-corrected chi connectivity index (χ0v) is 11.4. The van der Waals surface area contributed by atoms with Crippen molar-refractivity contribution >= 4 is 17.3 Å². The Morgan fingerprint density at radius 2 is 2.00 bits per heavy atom. The van der Waals surface area contributed by atoms with Crippen LogP contribution in [-0.4, -0.2) is 30.2 Å². The van der Waals surface area contributed by atoms with E-state index in [2.05, 4.69) is 15.5 Å². The van der Waals surface area contributed by atoms with Crippen molar-refractivity contribution in [2.45, 2.75) is 13.3 Å². The van der Waals surface area contributed by atoms with E-state index in [0.29, 0.717) is 0 Å². The second-order valence-corrected chi connectivity index (χ2v) is 4.71. The number of aryl methyl sites for hydroxylation is 1.